The number of benzene rings is 9. The number of rotatable bonds is 9. The normalized spacial score (nSPS) is 11.6. The van der Waals surface area contributed by atoms with Gasteiger partial charge in [0.2, 0.25) is 0 Å². The minimum atomic E-state index is 1.00. The van der Waals surface area contributed by atoms with Crippen molar-refractivity contribution in [1.29, 1.82) is 0 Å². The Bertz CT molecular complexity index is 2820. The van der Waals surface area contributed by atoms with E-state index in [1.165, 1.54) is 99.0 Å². The Kier molecular flexibility index (Phi) is 9.16. The van der Waals surface area contributed by atoms with Gasteiger partial charge in [0.05, 0.1) is 0 Å². The summed E-state index contributed by atoms with van der Waals surface area (Å²) in [5.74, 6) is 0. The second-order valence-corrected chi connectivity index (χ2v) is 14.8. The number of hydrogen-bond acceptors (Lipinski definition) is 1. The molecule has 0 heterocycles. The van der Waals surface area contributed by atoms with Crippen molar-refractivity contribution >= 4 is 60.2 Å². The van der Waals surface area contributed by atoms with Crippen molar-refractivity contribution < 1.29 is 0 Å². The molecule has 0 aliphatic rings. The van der Waals surface area contributed by atoms with Crippen LogP contribution in [0.15, 0.2) is 164 Å². The van der Waals surface area contributed by atoms with E-state index >= 15 is 0 Å². The van der Waals surface area contributed by atoms with Crippen molar-refractivity contribution in [2.24, 2.45) is 0 Å². The third-order valence-electron chi connectivity index (χ3n) is 11.8. The van der Waals surface area contributed by atoms with Gasteiger partial charge in [-0.15, -0.1) is 0 Å². The highest BCUT2D eigenvalue weighted by molar-refractivity contribution is 6.22. The average molecular weight is 710 g/mol. The molecule has 0 amide bonds. The summed E-state index contributed by atoms with van der Waals surface area (Å²) in [4.78, 5) is 2.49. The van der Waals surface area contributed by atoms with Crippen LogP contribution < -0.4 is 4.90 Å². The van der Waals surface area contributed by atoms with Gasteiger partial charge in [0.1, 0.15) is 0 Å². The van der Waals surface area contributed by atoms with E-state index in [1.807, 2.05) is 0 Å². The fourth-order valence-corrected chi connectivity index (χ4v) is 8.92. The van der Waals surface area contributed by atoms with Crippen molar-refractivity contribution in [3.63, 3.8) is 0 Å². The van der Waals surface area contributed by atoms with E-state index < -0.39 is 0 Å². The molecule has 0 radical (unpaired) electrons. The van der Waals surface area contributed by atoms with Gasteiger partial charge >= 0.3 is 0 Å². The van der Waals surface area contributed by atoms with Crippen molar-refractivity contribution in [2.75, 3.05) is 4.90 Å². The number of aryl methyl sites for hydroxylation is 4. The number of hydrogen-bond donors (Lipinski definition) is 0. The highest BCUT2D eigenvalue weighted by Gasteiger charge is 2.21. The average Bonchev–Trinajstić information content (AvgIpc) is 3.25. The summed E-state index contributed by atoms with van der Waals surface area (Å²) in [5, 5.41) is 10.0. The molecular formula is C54H47N. The molecule has 0 aromatic heterocycles. The molecule has 0 unspecified atom stereocenters. The molecule has 0 saturated carbocycles. The van der Waals surface area contributed by atoms with Gasteiger partial charge in [-0.05, 0) is 162 Å². The Hall–Kier alpha value is -6.18. The summed E-state index contributed by atoms with van der Waals surface area (Å²) in [6.07, 6.45) is 4.07. The van der Waals surface area contributed by atoms with Gasteiger partial charge in [0.25, 0.3) is 0 Å². The van der Waals surface area contributed by atoms with E-state index in [0.717, 1.165) is 31.4 Å². The predicted octanol–water partition coefficient (Wildman–Crippen LogP) is 15.4. The standard InChI is InChI=1S/C54H47N/c1-5-36-25-27-46(33-38(36)7-3)55(47-28-26-37(6-2)39(8-4)34-47)48-29-30-51-52(35-48)54(45-24-22-41-16-10-12-18-43(41)32-45)50-20-14-13-19-49(50)53(51)44-23-21-40-15-9-11-17-42(40)31-44/h9-35H,5-8H2,1-4H3. The van der Waals surface area contributed by atoms with E-state index in [0.29, 0.717) is 0 Å². The molecule has 268 valence electrons. The molecule has 0 aliphatic carbocycles. The summed E-state index contributed by atoms with van der Waals surface area (Å²) in [5.41, 5.74) is 14.2. The summed E-state index contributed by atoms with van der Waals surface area (Å²) in [6, 6.07) is 61.7. The molecule has 0 fully saturated rings. The minimum Gasteiger partial charge on any atom is -0.310 e. The number of fused-ring (bicyclic) bond motifs is 4. The fraction of sp³-hybridized carbons (Fsp3) is 0.148. The molecule has 1 nitrogen and oxygen atoms in total. The van der Waals surface area contributed by atoms with Gasteiger partial charge in [0.15, 0.2) is 0 Å². The number of nitrogens with zero attached hydrogens (tertiary/aromatic N) is 1. The van der Waals surface area contributed by atoms with Crippen LogP contribution in [0.3, 0.4) is 0 Å². The lowest BCUT2D eigenvalue weighted by Crippen LogP contribution is -2.12. The molecule has 0 aliphatic heterocycles. The van der Waals surface area contributed by atoms with E-state index in [1.54, 1.807) is 0 Å². The minimum absolute atomic E-state index is 1.00. The van der Waals surface area contributed by atoms with E-state index in [9.17, 15) is 0 Å². The lowest BCUT2D eigenvalue weighted by atomic mass is 9.85. The highest BCUT2D eigenvalue weighted by atomic mass is 15.1. The van der Waals surface area contributed by atoms with Crippen molar-refractivity contribution in [3.8, 4) is 22.3 Å². The molecular weight excluding hydrogens is 663 g/mol. The first kappa shape index (κ1) is 34.6. The first-order valence-electron chi connectivity index (χ1n) is 20.1. The van der Waals surface area contributed by atoms with Gasteiger partial charge in [-0.25, -0.2) is 0 Å². The van der Waals surface area contributed by atoms with Crippen LogP contribution in [0.1, 0.15) is 49.9 Å². The predicted molar refractivity (Wildman–Crippen MR) is 240 cm³/mol. The maximum absolute atomic E-state index is 2.49. The second kappa shape index (κ2) is 14.6. The van der Waals surface area contributed by atoms with Gasteiger partial charge < -0.3 is 4.90 Å². The maximum Gasteiger partial charge on any atom is 0.0468 e. The number of anilines is 3. The summed E-state index contributed by atoms with van der Waals surface area (Å²) in [6.45, 7) is 9.08. The Morgan fingerprint density at radius 2 is 0.709 bits per heavy atom. The van der Waals surface area contributed by atoms with Gasteiger partial charge in [0, 0.05) is 17.1 Å². The molecule has 0 saturated heterocycles. The molecule has 55 heavy (non-hydrogen) atoms. The molecule has 9 aromatic rings. The van der Waals surface area contributed by atoms with E-state index in [4.69, 9.17) is 0 Å². The van der Waals surface area contributed by atoms with E-state index in [-0.39, 0.29) is 0 Å². The molecule has 0 bridgehead atoms. The van der Waals surface area contributed by atoms with Crippen LogP contribution in [0.5, 0.6) is 0 Å². The van der Waals surface area contributed by atoms with Gasteiger partial charge in [-0.3, -0.25) is 0 Å². The van der Waals surface area contributed by atoms with Gasteiger partial charge in [-0.2, -0.15) is 0 Å². The summed E-state index contributed by atoms with van der Waals surface area (Å²) in [7, 11) is 0. The highest BCUT2D eigenvalue weighted by Crippen LogP contribution is 2.47. The van der Waals surface area contributed by atoms with Crippen molar-refractivity contribution in [3.05, 3.63) is 186 Å². The third kappa shape index (κ3) is 6.15. The van der Waals surface area contributed by atoms with Crippen LogP contribution in [0.25, 0.3) is 65.3 Å². The SMILES string of the molecule is CCc1ccc(N(c2ccc(CC)c(CC)c2)c2ccc3c(-c4ccc5ccccc5c4)c4ccccc4c(-c4ccc5ccccc5c4)c3c2)cc1CC. The smallest absolute Gasteiger partial charge is 0.0468 e. The van der Waals surface area contributed by atoms with Crippen LogP contribution in [-0.2, 0) is 25.7 Å². The quantitative estimate of drug-likeness (QED) is 0.135. The van der Waals surface area contributed by atoms with Crippen LogP contribution in [0.2, 0.25) is 0 Å². The molecule has 0 N–H and O–H groups in total. The Labute approximate surface area is 325 Å². The molecule has 1 heteroatoms. The van der Waals surface area contributed by atoms with Crippen LogP contribution in [0.4, 0.5) is 17.1 Å². The second-order valence-electron chi connectivity index (χ2n) is 14.8. The molecule has 9 rings (SSSR count). The van der Waals surface area contributed by atoms with Crippen LogP contribution in [-0.4, -0.2) is 0 Å². The monoisotopic (exact) mass is 709 g/mol. The molecule has 9 aromatic carbocycles. The lowest BCUT2D eigenvalue weighted by Gasteiger charge is -2.28. The zero-order valence-electron chi connectivity index (χ0n) is 32.4. The Morgan fingerprint density at radius 1 is 0.309 bits per heavy atom. The zero-order chi connectivity index (χ0) is 37.5. The first-order valence-corrected chi connectivity index (χ1v) is 20.1. The van der Waals surface area contributed by atoms with Crippen LogP contribution in [0, 0.1) is 0 Å². The Morgan fingerprint density at radius 3 is 1.20 bits per heavy atom. The van der Waals surface area contributed by atoms with Crippen LogP contribution >= 0.6 is 0 Å². The first-order chi connectivity index (χ1) is 27.1. The Balaban J connectivity index is 1.38. The molecule has 0 atom stereocenters. The van der Waals surface area contributed by atoms with Gasteiger partial charge in [-0.1, -0.05) is 143 Å². The van der Waals surface area contributed by atoms with E-state index in [2.05, 4.69) is 196 Å². The van der Waals surface area contributed by atoms with Crippen molar-refractivity contribution in [2.45, 2.75) is 53.4 Å². The lowest BCUT2D eigenvalue weighted by molar-refractivity contribution is 1.03. The fourth-order valence-electron chi connectivity index (χ4n) is 8.92. The topological polar surface area (TPSA) is 3.24 Å². The summed E-state index contributed by atoms with van der Waals surface area (Å²) < 4.78 is 0. The largest absolute Gasteiger partial charge is 0.310 e. The van der Waals surface area contributed by atoms with Crippen molar-refractivity contribution in [1.82, 2.24) is 0 Å². The molecule has 0 spiro atoms. The maximum atomic E-state index is 2.49. The zero-order valence-corrected chi connectivity index (χ0v) is 32.4. The third-order valence-corrected chi connectivity index (χ3v) is 11.8. The summed E-state index contributed by atoms with van der Waals surface area (Å²) >= 11 is 0.